The molecule has 2 heterocycles. The zero-order chi connectivity index (χ0) is 20.4. The Labute approximate surface area is 182 Å². The topological polar surface area (TPSA) is 73.9 Å². The monoisotopic (exact) mass is 430 g/mol. The van der Waals surface area contributed by atoms with Crippen LogP contribution in [0.5, 0.6) is 5.75 Å². The van der Waals surface area contributed by atoms with Crippen molar-refractivity contribution in [3.63, 3.8) is 0 Å². The summed E-state index contributed by atoms with van der Waals surface area (Å²) in [5.74, 6) is 0.750. The fraction of sp³-hybridized carbons (Fsp3) is 0.364. The summed E-state index contributed by atoms with van der Waals surface area (Å²) in [6, 6.07) is 13.2. The number of anilines is 1. The average molecular weight is 431 g/mol. The molecular weight excluding hydrogens is 404 g/mol. The highest BCUT2D eigenvalue weighted by molar-refractivity contribution is 6.00. The molecule has 4 rings (SSSR count). The molecule has 0 bridgehead atoms. The minimum absolute atomic E-state index is 0. The molecule has 2 aromatic carbocycles. The number of hydrogen-bond acceptors (Lipinski definition) is 4. The van der Waals surface area contributed by atoms with E-state index in [9.17, 15) is 9.59 Å². The molecule has 2 saturated heterocycles. The number of rotatable bonds is 4. The van der Waals surface area contributed by atoms with Gasteiger partial charge in [-0.15, -0.1) is 12.4 Å². The quantitative estimate of drug-likeness (QED) is 0.782. The molecule has 160 valence electrons. The number of carbonyl (C=O) groups is 2. The third-order valence-corrected chi connectivity index (χ3v) is 5.69. The van der Waals surface area contributed by atoms with Crippen molar-refractivity contribution in [1.29, 1.82) is 0 Å². The number of urea groups is 1. The van der Waals surface area contributed by atoms with E-state index in [1.165, 1.54) is 0 Å². The van der Waals surface area contributed by atoms with E-state index in [-0.39, 0.29) is 30.4 Å². The zero-order valence-corrected chi connectivity index (χ0v) is 18.0. The van der Waals surface area contributed by atoms with Crippen LogP contribution >= 0.6 is 12.4 Å². The molecule has 0 aliphatic carbocycles. The number of hydrogen-bond donors (Lipinski definition) is 2. The van der Waals surface area contributed by atoms with Crippen molar-refractivity contribution >= 4 is 30.0 Å². The van der Waals surface area contributed by atoms with Gasteiger partial charge in [0.2, 0.25) is 0 Å². The first kappa shape index (κ1) is 21.9. The van der Waals surface area contributed by atoms with Gasteiger partial charge in [0.15, 0.2) is 0 Å². The molecule has 2 fully saturated rings. The number of nitrogens with one attached hydrogen (secondary N) is 2. The predicted octanol–water partition coefficient (Wildman–Crippen LogP) is 2.74. The molecule has 8 heteroatoms. The third kappa shape index (κ3) is 3.95. The number of ether oxygens (including phenoxy) is 1. The number of halogens is 1. The first-order valence-electron chi connectivity index (χ1n) is 9.91. The summed E-state index contributed by atoms with van der Waals surface area (Å²) < 4.78 is 5.54. The highest BCUT2D eigenvalue weighted by Crippen LogP contribution is 2.33. The van der Waals surface area contributed by atoms with Gasteiger partial charge >= 0.3 is 6.03 Å². The van der Waals surface area contributed by atoms with E-state index >= 15 is 0 Å². The van der Waals surface area contributed by atoms with Crippen LogP contribution in [0.15, 0.2) is 42.5 Å². The molecule has 2 N–H and O–H groups in total. The van der Waals surface area contributed by atoms with E-state index in [0.29, 0.717) is 31.7 Å². The molecule has 0 aromatic heterocycles. The normalized spacial score (nSPS) is 18.6. The van der Waals surface area contributed by atoms with Crippen LogP contribution in [-0.4, -0.2) is 56.7 Å². The van der Waals surface area contributed by atoms with Gasteiger partial charge in [-0.2, -0.15) is 0 Å². The third-order valence-electron chi connectivity index (χ3n) is 5.69. The number of piperazine rings is 1. The van der Waals surface area contributed by atoms with Gasteiger partial charge < -0.3 is 20.3 Å². The Bertz CT molecular complexity index is 936. The van der Waals surface area contributed by atoms with Crippen molar-refractivity contribution in [3.05, 3.63) is 59.2 Å². The van der Waals surface area contributed by atoms with Gasteiger partial charge in [-0.1, -0.05) is 24.3 Å². The standard InChI is InChI=1S/C22H26N4O3.ClH/c1-15-16(7-5-8-18(15)26-13-11-24-22(26)28)21(27)25-12-10-23-14-19(25)17-6-3-4-9-20(17)29-2;/h3-9,19,23H,10-14H2,1-2H3,(H,24,28);1H. The van der Waals surface area contributed by atoms with Crippen LogP contribution in [0.4, 0.5) is 10.5 Å². The summed E-state index contributed by atoms with van der Waals surface area (Å²) in [6.07, 6.45) is 0. The van der Waals surface area contributed by atoms with Crippen LogP contribution in [-0.2, 0) is 0 Å². The maximum absolute atomic E-state index is 13.6. The zero-order valence-electron chi connectivity index (χ0n) is 17.2. The lowest BCUT2D eigenvalue weighted by Gasteiger charge is -2.37. The van der Waals surface area contributed by atoms with Gasteiger partial charge in [0, 0.05) is 49.5 Å². The van der Waals surface area contributed by atoms with Crippen molar-refractivity contribution in [2.45, 2.75) is 13.0 Å². The number of benzene rings is 2. The Hall–Kier alpha value is -2.77. The predicted molar refractivity (Wildman–Crippen MR) is 119 cm³/mol. The summed E-state index contributed by atoms with van der Waals surface area (Å²) in [5.41, 5.74) is 3.23. The fourth-order valence-corrected chi connectivity index (χ4v) is 4.17. The van der Waals surface area contributed by atoms with E-state index in [1.807, 2.05) is 54.3 Å². The highest BCUT2D eigenvalue weighted by Gasteiger charge is 2.32. The van der Waals surface area contributed by atoms with Gasteiger partial charge in [0.1, 0.15) is 5.75 Å². The molecule has 1 atom stereocenters. The second-order valence-corrected chi connectivity index (χ2v) is 7.29. The first-order chi connectivity index (χ1) is 14.1. The van der Waals surface area contributed by atoms with Crippen molar-refractivity contribution < 1.29 is 14.3 Å². The SMILES string of the molecule is COc1ccccc1C1CNCCN1C(=O)c1cccc(N2CCNC2=O)c1C.Cl. The number of methoxy groups -OCH3 is 1. The average Bonchev–Trinajstić information content (AvgIpc) is 3.19. The Balaban J connectivity index is 0.00000256. The van der Waals surface area contributed by atoms with Gasteiger partial charge in [-0.25, -0.2) is 4.79 Å². The van der Waals surface area contributed by atoms with Crippen LogP contribution in [0, 0.1) is 6.92 Å². The number of carbonyl (C=O) groups excluding carboxylic acids is 2. The molecule has 0 spiro atoms. The summed E-state index contributed by atoms with van der Waals surface area (Å²) in [6.45, 7) is 5.15. The van der Waals surface area contributed by atoms with E-state index in [4.69, 9.17) is 4.74 Å². The molecule has 0 radical (unpaired) electrons. The van der Waals surface area contributed by atoms with E-state index in [1.54, 1.807) is 12.0 Å². The van der Waals surface area contributed by atoms with Crippen LogP contribution < -0.4 is 20.3 Å². The second-order valence-electron chi connectivity index (χ2n) is 7.29. The first-order valence-corrected chi connectivity index (χ1v) is 9.91. The fourth-order valence-electron chi connectivity index (χ4n) is 4.17. The van der Waals surface area contributed by atoms with Crippen LogP contribution in [0.25, 0.3) is 0 Å². The smallest absolute Gasteiger partial charge is 0.322 e. The van der Waals surface area contributed by atoms with Gasteiger partial charge in [0.05, 0.1) is 13.2 Å². The molecule has 2 aliphatic heterocycles. The molecule has 0 saturated carbocycles. The second kappa shape index (κ2) is 9.36. The maximum Gasteiger partial charge on any atom is 0.322 e. The molecule has 7 nitrogen and oxygen atoms in total. The number of para-hydroxylation sites is 1. The van der Waals surface area contributed by atoms with Crippen LogP contribution in [0.2, 0.25) is 0 Å². The lowest BCUT2D eigenvalue weighted by atomic mass is 9.99. The summed E-state index contributed by atoms with van der Waals surface area (Å²) in [5, 5.41) is 6.20. The van der Waals surface area contributed by atoms with Crippen molar-refractivity contribution in [3.8, 4) is 5.75 Å². The molecule has 2 aromatic rings. The van der Waals surface area contributed by atoms with Crippen molar-refractivity contribution in [1.82, 2.24) is 15.5 Å². The molecular formula is C22H27ClN4O3. The summed E-state index contributed by atoms with van der Waals surface area (Å²) >= 11 is 0. The number of amides is 3. The lowest BCUT2D eigenvalue weighted by Crippen LogP contribution is -2.49. The van der Waals surface area contributed by atoms with Gasteiger partial charge in [-0.3, -0.25) is 9.69 Å². The Morgan fingerprint density at radius 3 is 2.63 bits per heavy atom. The summed E-state index contributed by atoms with van der Waals surface area (Å²) in [7, 11) is 1.65. The highest BCUT2D eigenvalue weighted by atomic mass is 35.5. The Morgan fingerprint density at radius 2 is 1.90 bits per heavy atom. The van der Waals surface area contributed by atoms with E-state index < -0.39 is 0 Å². The van der Waals surface area contributed by atoms with Gasteiger partial charge in [-0.05, 0) is 30.7 Å². The van der Waals surface area contributed by atoms with Gasteiger partial charge in [0.25, 0.3) is 5.91 Å². The Kier molecular flexibility index (Phi) is 6.84. The summed E-state index contributed by atoms with van der Waals surface area (Å²) in [4.78, 5) is 29.3. The largest absolute Gasteiger partial charge is 0.496 e. The van der Waals surface area contributed by atoms with Crippen molar-refractivity contribution in [2.24, 2.45) is 0 Å². The number of nitrogens with zero attached hydrogens (tertiary/aromatic N) is 2. The minimum atomic E-state index is -0.120. The van der Waals surface area contributed by atoms with Crippen LogP contribution in [0.3, 0.4) is 0 Å². The Morgan fingerprint density at radius 1 is 1.10 bits per heavy atom. The van der Waals surface area contributed by atoms with Crippen molar-refractivity contribution in [2.75, 3.05) is 44.7 Å². The lowest BCUT2D eigenvalue weighted by molar-refractivity contribution is 0.0631. The van der Waals surface area contributed by atoms with E-state index in [0.717, 1.165) is 29.1 Å². The van der Waals surface area contributed by atoms with Crippen LogP contribution in [0.1, 0.15) is 27.5 Å². The minimum Gasteiger partial charge on any atom is -0.496 e. The molecule has 1 unspecified atom stereocenters. The maximum atomic E-state index is 13.6. The molecule has 30 heavy (non-hydrogen) atoms. The van der Waals surface area contributed by atoms with E-state index in [2.05, 4.69) is 10.6 Å². The molecule has 2 aliphatic rings. The molecule has 3 amide bonds.